The Bertz CT molecular complexity index is 2680. The van der Waals surface area contributed by atoms with E-state index in [1.807, 2.05) is 0 Å². The first-order chi connectivity index (χ1) is 41.3. The molecule has 0 saturated carbocycles. The third-order valence-corrected chi connectivity index (χ3v) is 16.0. The Morgan fingerprint density at radius 2 is 0.274 bits per heavy atom. The smallest absolute Gasteiger partial charge is 0.0264 e. The second-order valence-corrected chi connectivity index (χ2v) is 23.9. The second kappa shape index (κ2) is 37.1. The number of benzene rings is 6. The highest BCUT2D eigenvalue weighted by Gasteiger charge is 2.03. The summed E-state index contributed by atoms with van der Waals surface area (Å²) < 4.78 is 0. The maximum absolute atomic E-state index is 3.64. The topological polar surface area (TPSA) is 0 Å². The average molecular weight is 1110 g/mol. The van der Waals surface area contributed by atoms with Crippen molar-refractivity contribution in [3.8, 4) is 0 Å². The summed E-state index contributed by atoms with van der Waals surface area (Å²) >= 11 is 0. The molecule has 7 aromatic rings. The molecule has 0 amide bonds. The van der Waals surface area contributed by atoms with E-state index in [0.717, 1.165) is 142 Å². The Kier molecular flexibility index (Phi) is 28.4. The van der Waals surface area contributed by atoms with Crippen molar-refractivity contribution in [2.24, 2.45) is 0 Å². The Labute approximate surface area is 511 Å². The van der Waals surface area contributed by atoms with Crippen LogP contribution in [0.15, 0.2) is 109 Å². The SMILES string of the molecule is CCCCCCc1cc2c#cc3cc(CCCCCC)cc(c#cc4cc(CCCCCC)cc(c#cc5cc(CCCCCC)cc(c#cc6cc(CCCCCC)cc(c#cc7cc(CCCCCC)cc(c#cc(c1)c2)c7)c6)c5)c4)c3. The summed E-state index contributed by atoms with van der Waals surface area (Å²) in [5, 5.41) is 12.0. The maximum Gasteiger partial charge on any atom is 0.0264 e. The predicted octanol–water partition coefficient (Wildman–Crippen LogP) is 24.0. The van der Waals surface area contributed by atoms with Crippen LogP contribution in [0.5, 0.6) is 0 Å². The molecule has 0 aliphatic carbocycles. The van der Waals surface area contributed by atoms with Crippen molar-refractivity contribution in [1.29, 1.82) is 0 Å². The Morgan fingerprint density at radius 3 is 0.381 bits per heavy atom. The lowest BCUT2D eigenvalue weighted by molar-refractivity contribution is 0.667. The van der Waals surface area contributed by atoms with Crippen molar-refractivity contribution < 1.29 is 0 Å². The molecular formula is C84H96. The van der Waals surface area contributed by atoms with E-state index in [9.17, 15) is 0 Å². The van der Waals surface area contributed by atoms with Crippen LogP contribution < -0.4 is 0 Å². The number of unbranched alkanes of at least 4 members (excludes halogenated alkanes) is 18. The average Bonchev–Trinajstić information content (AvgIpc) is 3.63. The number of fused-ring (bicyclic) bond motifs is 12. The molecule has 0 N–H and O–H groups in total. The maximum atomic E-state index is 3.64. The van der Waals surface area contributed by atoms with Gasteiger partial charge in [-0.25, -0.2) is 0 Å². The fourth-order valence-corrected chi connectivity index (χ4v) is 11.3. The molecule has 0 aromatic heterocycles. The third kappa shape index (κ3) is 23.7. The van der Waals surface area contributed by atoms with E-state index in [2.05, 4.69) is 224 Å². The second-order valence-electron chi connectivity index (χ2n) is 23.9. The van der Waals surface area contributed by atoms with E-state index >= 15 is 0 Å². The highest BCUT2D eigenvalue weighted by atomic mass is 14.1. The minimum absolute atomic E-state index is 1.00. The van der Waals surface area contributed by atoms with Gasteiger partial charge in [-0.05, 0) is 220 Å². The van der Waals surface area contributed by atoms with Crippen LogP contribution >= 0.6 is 0 Å². The zero-order valence-electron chi connectivity index (χ0n) is 52.6. The molecule has 0 unspecified atom stereocenters. The summed E-state index contributed by atoms with van der Waals surface area (Å²) in [5.74, 6) is 0. The standard InChI is InChI=1S/C84H96/c1-7-13-19-25-31-67-49-73-37-39-75-51-68(32-26-20-14-8-2)53-77(62-75)41-43-79-55-70(34-28-22-16-10-4)57-81(64-79)45-47-83-59-72(36-30-24-18-12-6)60-84(66-83)48-46-82-58-71(35-29-23-17-11-5)56-80(65-82)44-42-78-54-69(33-27-21-15-9-3)52-76(63-78)40-38-74(50-67)61-73/h49-66H,7-36H2,1-6H3. The summed E-state index contributed by atoms with van der Waals surface area (Å²) in [6.07, 6.45) is 35.1. The molecule has 0 saturated heterocycles. The molecule has 0 aliphatic rings. The van der Waals surface area contributed by atoms with E-state index in [-0.39, 0.29) is 0 Å². The molecule has 7 aromatic carbocycles. The lowest BCUT2D eigenvalue weighted by Crippen LogP contribution is -1.86. The van der Waals surface area contributed by atoms with Gasteiger partial charge in [-0.3, -0.25) is 0 Å². The Hall–Kier alpha value is -7.32. The molecule has 432 valence electrons. The molecule has 0 aliphatic heterocycles. The first-order valence-corrected chi connectivity index (χ1v) is 33.3. The Morgan fingerprint density at radius 1 is 0.155 bits per heavy atom. The number of aryl methyl sites for hydroxylation is 6. The monoisotopic (exact) mass is 1100 g/mol. The molecule has 0 radical (unpaired) electrons. The van der Waals surface area contributed by atoms with Crippen LogP contribution in [-0.4, -0.2) is 0 Å². The van der Waals surface area contributed by atoms with Gasteiger partial charge in [0.05, 0.1) is 0 Å². The van der Waals surface area contributed by atoms with E-state index in [0.29, 0.717) is 0 Å². The number of hydrogen-bond acceptors (Lipinski definition) is 0. The summed E-state index contributed by atoms with van der Waals surface area (Å²) in [4.78, 5) is 0. The Balaban J connectivity index is 1.50. The number of rotatable bonds is 30. The minimum atomic E-state index is 1.00. The molecule has 0 atom stereocenters. The summed E-state index contributed by atoms with van der Waals surface area (Å²) in [6, 6.07) is 84.4. The summed E-state index contributed by atoms with van der Waals surface area (Å²) in [5.41, 5.74) is 7.78. The van der Waals surface area contributed by atoms with Gasteiger partial charge in [-0.1, -0.05) is 230 Å². The first kappa shape index (κ1) is 64.2. The van der Waals surface area contributed by atoms with Crippen LogP contribution in [-0.2, 0) is 38.5 Å². The van der Waals surface area contributed by atoms with Gasteiger partial charge in [0.25, 0.3) is 0 Å². The van der Waals surface area contributed by atoms with Gasteiger partial charge in [0.2, 0.25) is 0 Å². The van der Waals surface area contributed by atoms with Crippen molar-refractivity contribution in [2.45, 2.75) is 234 Å². The normalized spacial score (nSPS) is 10.6. The third-order valence-electron chi connectivity index (χ3n) is 16.0. The minimum Gasteiger partial charge on any atom is -0.0654 e. The van der Waals surface area contributed by atoms with Crippen LogP contribution in [0.4, 0.5) is 0 Å². The van der Waals surface area contributed by atoms with Gasteiger partial charge in [0, 0.05) is 64.6 Å². The predicted molar refractivity (Wildman–Crippen MR) is 364 cm³/mol. The van der Waals surface area contributed by atoms with Gasteiger partial charge in [0.15, 0.2) is 0 Å². The fourth-order valence-electron chi connectivity index (χ4n) is 11.3. The highest BCUT2D eigenvalue weighted by Crippen LogP contribution is 2.21. The molecule has 0 heteroatoms. The van der Waals surface area contributed by atoms with E-state index in [4.69, 9.17) is 0 Å². The van der Waals surface area contributed by atoms with Gasteiger partial charge in [-0.15, -0.1) is 0 Å². The van der Waals surface area contributed by atoms with Crippen molar-refractivity contribution >= 4 is 64.6 Å². The van der Waals surface area contributed by atoms with Crippen molar-refractivity contribution in [3.05, 3.63) is 215 Å². The molecular weight excluding hydrogens is 1010 g/mol. The highest BCUT2D eigenvalue weighted by molar-refractivity contribution is 5.73. The van der Waals surface area contributed by atoms with Crippen molar-refractivity contribution in [2.75, 3.05) is 0 Å². The molecule has 0 heterocycles. The summed E-state index contributed by atoms with van der Waals surface area (Å²) in [6.45, 7) is 13.7. The largest absolute Gasteiger partial charge is 0.0654 e. The van der Waals surface area contributed by atoms with E-state index in [1.165, 1.54) is 149 Å². The summed E-state index contributed by atoms with van der Waals surface area (Å²) in [7, 11) is 0. The fraction of sp³-hybridized carbons (Fsp3) is 0.429. The van der Waals surface area contributed by atoms with E-state index in [1.54, 1.807) is 0 Å². The molecule has 0 fully saturated rings. The van der Waals surface area contributed by atoms with Crippen molar-refractivity contribution in [1.82, 2.24) is 0 Å². The van der Waals surface area contributed by atoms with Crippen LogP contribution in [0.25, 0.3) is 64.6 Å². The van der Waals surface area contributed by atoms with Crippen LogP contribution in [0.2, 0.25) is 0 Å². The molecule has 0 nitrogen and oxygen atoms in total. The lowest BCUT2D eigenvalue weighted by Gasteiger charge is -2.02. The zero-order valence-corrected chi connectivity index (χ0v) is 52.6. The van der Waals surface area contributed by atoms with Crippen LogP contribution in [0.3, 0.4) is 0 Å². The quantitative estimate of drug-likeness (QED) is 0.0394. The van der Waals surface area contributed by atoms with E-state index < -0.39 is 0 Å². The first-order valence-electron chi connectivity index (χ1n) is 33.3. The van der Waals surface area contributed by atoms with Crippen LogP contribution in [0, 0.1) is 72.8 Å². The molecule has 84 heavy (non-hydrogen) atoms. The molecule has 12 bridgehead atoms. The number of hydrogen-bond donors (Lipinski definition) is 0. The zero-order chi connectivity index (χ0) is 58.8. The van der Waals surface area contributed by atoms with Crippen molar-refractivity contribution in [3.63, 3.8) is 0 Å². The van der Waals surface area contributed by atoms with Gasteiger partial charge < -0.3 is 0 Å². The lowest BCUT2D eigenvalue weighted by atomic mass is 10.0. The molecule has 7 rings (SSSR count). The van der Waals surface area contributed by atoms with Gasteiger partial charge in [-0.2, -0.15) is 0 Å². The van der Waals surface area contributed by atoms with Gasteiger partial charge >= 0.3 is 0 Å². The van der Waals surface area contributed by atoms with Gasteiger partial charge in [0.1, 0.15) is 0 Å². The molecule has 0 spiro atoms. The van der Waals surface area contributed by atoms with Crippen LogP contribution in [0.1, 0.15) is 229 Å².